The molecule has 1 unspecified atom stereocenters. The van der Waals surface area contributed by atoms with Crippen molar-refractivity contribution < 1.29 is 9.53 Å². The van der Waals surface area contributed by atoms with Gasteiger partial charge in [0.25, 0.3) is 11.5 Å². The average molecular weight is 392 g/mol. The van der Waals surface area contributed by atoms with Gasteiger partial charge in [-0.1, -0.05) is 12.1 Å². The SMILES string of the molecule is CC(C)Oc1ccc(C(=O)N2CCCC(n3cnc4ccccc4c3=O)C2)cn1. The van der Waals surface area contributed by atoms with E-state index in [2.05, 4.69) is 9.97 Å². The van der Waals surface area contributed by atoms with E-state index in [1.807, 2.05) is 32.0 Å². The number of fused-ring (bicyclic) bond motifs is 1. The quantitative estimate of drug-likeness (QED) is 0.682. The predicted octanol–water partition coefficient (Wildman–Crippen LogP) is 3.06. The highest BCUT2D eigenvalue weighted by molar-refractivity contribution is 5.94. The highest BCUT2D eigenvalue weighted by Gasteiger charge is 2.26. The largest absolute Gasteiger partial charge is 0.475 e. The Labute approximate surface area is 169 Å². The van der Waals surface area contributed by atoms with E-state index in [9.17, 15) is 9.59 Å². The van der Waals surface area contributed by atoms with Crippen LogP contribution in [0, 0.1) is 0 Å². The van der Waals surface area contributed by atoms with Crippen LogP contribution in [0.1, 0.15) is 43.1 Å². The summed E-state index contributed by atoms with van der Waals surface area (Å²) in [5.74, 6) is 0.418. The van der Waals surface area contributed by atoms with Crippen LogP contribution in [-0.4, -0.2) is 44.5 Å². The molecule has 1 aromatic carbocycles. The number of carbonyl (C=O) groups excluding carboxylic acids is 1. The number of nitrogens with zero attached hydrogens (tertiary/aromatic N) is 4. The number of likely N-dealkylation sites (tertiary alicyclic amines) is 1. The van der Waals surface area contributed by atoms with E-state index < -0.39 is 0 Å². The van der Waals surface area contributed by atoms with Crippen LogP contribution in [0.25, 0.3) is 10.9 Å². The Balaban J connectivity index is 1.53. The number of amides is 1. The topological polar surface area (TPSA) is 77.3 Å². The molecule has 1 aliphatic rings. The van der Waals surface area contributed by atoms with Crippen LogP contribution < -0.4 is 10.3 Å². The summed E-state index contributed by atoms with van der Waals surface area (Å²) in [5.41, 5.74) is 1.14. The number of carbonyl (C=O) groups is 1. The van der Waals surface area contributed by atoms with Gasteiger partial charge in [0.1, 0.15) is 0 Å². The number of hydrogen-bond donors (Lipinski definition) is 0. The Kier molecular flexibility index (Phi) is 5.29. The first-order valence-corrected chi connectivity index (χ1v) is 9.91. The molecular weight excluding hydrogens is 368 g/mol. The normalized spacial score (nSPS) is 16.9. The van der Waals surface area contributed by atoms with Gasteiger partial charge >= 0.3 is 0 Å². The second-order valence-electron chi connectivity index (χ2n) is 7.57. The van der Waals surface area contributed by atoms with Crippen molar-refractivity contribution >= 4 is 16.8 Å². The average Bonchev–Trinajstić information content (AvgIpc) is 2.74. The highest BCUT2D eigenvalue weighted by atomic mass is 16.5. The molecule has 0 spiro atoms. The molecular formula is C22H24N4O3. The van der Waals surface area contributed by atoms with Gasteiger partial charge in [-0.2, -0.15) is 0 Å². The molecule has 0 bridgehead atoms. The second-order valence-corrected chi connectivity index (χ2v) is 7.57. The summed E-state index contributed by atoms with van der Waals surface area (Å²) in [6.45, 7) is 4.99. The lowest BCUT2D eigenvalue weighted by Gasteiger charge is -2.33. The van der Waals surface area contributed by atoms with Crippen LogP contribution in [0.15, 0.2) is 53.7 Å². The summed E-state index contributed by atoms with van der Waals surface area (Å²) < 4.78 is 7.20. The molecule has 1 atom stereocenters. The van der Waals surface area contributed by atoms with Gasteiger partial charge in [0.2, 0.25) is 5.88 Å². The molecule has 0 N–H and O–H groups in total. The van der Waals surface area contributed by atoms with Crippen molar-refractivity contribution in [1.29, 1.82) is 0 Å². The minimum Gasteiger partial charge on any atom is -0.475 e. The van der Waals surface area contributed by atoms with Crippen molar-refractivity contribution in [3.05, 3.63) is 64.8 Å². The fourth-order valence-electron chi connectivity index (χ4n) is 3.71. The van der Waals surface area contributed by atoms with Gasteiger partial charge in [-0.05, 0) is 44.9 Å². The third kappa shape index (κ3) is 3.99. The standard InChI is InChI=1S/C22H24N4O3/c1-15(2)29-20-10-9-16(12-23-20)21(27)25-11-5-6-17(13-25)26-14-24-19-8-4-3-7-18(19)22(26)28/h3-4,7-10,12,14-15,17H,5-6,11,13H2,1-2H3. The Morgan fingerprint density at radius 3 is 2.76 bits per heavy atom. The molecule has 3 aromatic rings. The lowest BCUT2D eigenvalue weighted by atomic mass is 10.0. The van der Waals surface area contributed by atoms with Crippen molar-refractivity contribution in [2.24, 2.45) is 0 Å². The van der Waals surface area contributed by atoms with Crippen LogP contribution >= 0.6 is 0 Å². The molecule has 150 valence electrons. The Hall–Kier alpha value is -3.22. The van der Waals surface area contributed by atoms with Gasteiger partial charge in [0.15, 0.2) is 0 Å². The number of benzene rings is 1. The Morgan fingerprint density at radius 1 is 1.17 bits per heavy atom. The molecule has 1 amide bonds. The van der Waals surface area contributed by atoms with Gasteiger partial charge in [0, 0.05) is 25.4 Å². The molecule has 1 fully saturated rings. The lowest BCUT2D eigenvalue weighted by molar-refractivity contribution is 0.0677. The molecule has 0 radical (unpaired) electrons. The number of ether oxygens (including phenoxy) is 1. The summed E-state index contributed by atoms with van der Waals surface area (Å²) in [5, 5.41) is 0.600. The zero-order valence-corrected chi connectivity index (χ0v) is 16.6. The third-order valence-corrected chi connectivity index (χ3v) is 5.11. The maximum atomic E-state index is 12.9. The molecule has 3 heterocycles. The van der Waals surface area contributed by atoms with Crippen molar-refractivity contribution in [1.82, 2.24) is 19.4 Å². The van der Waals surface area contributed by atoms with Crippen LogP contribution in [0.3, 0.4) is 0 Å². The van der Waals surface area contributed by atoms with Crippen LogP contribution in [0.4, 0.5) is 0 Å². The van der Waals surface area contributed by atoms with E-state index in [1.54, 1.807) is 40.2 Å². The number of para-hydroxylation sites is 1. The summed E-state index contributed by atoms with van der Waals surface area (Å²) in [7, 11) is 0. The summed E-state index contributed by atoms with van der Waals surface area (Å²) in [6.07, 6.45) is 4.85. The van der Waals surface area contributed by atoms with Gasteiger partial charge in [-0.3, -0.25) is 14.2 Å². The maximum Gasteiger partial charge on any atom is 0.261 e. The first-order valence-electron chi connectivity index (χ1n) is 9.91. The van der Waals surface area contributed by atoms with E-state index in [4.69, 9.17) is 4.74 Å². The van der Waals surface area contributed by atoms with Gasteiger partial charge in [-0.15, -0.1) is 0 Å². The molecule has 29 heavy (non-hydrogen) atoms. The zero-order chi connectivity index (χ0) is 20.4. The number of aromatic nitrogens is 3. The summed E-state index contributed by atoms with van der Waals surface area (Å²) >= 11 is 0. The Morgan fingerprint density at radius 2 is 2.00 bits per heavy atom. The zero-order valence-electron chi connectivity index (χ0n) is 16.6. The van der Waals surface area contributed by atoms with E-state index in [0.717, 1.165) is 12.8 Å². The third-order valence-electron chi connectivity index (χ3n) is 5.11. The van der Waals surface area contributed by atoms with E-state index in [-0.39, 0.29) is 23.6 Å². The monoisotopic (exact) mass is 392 g/mol. The smallest absolute Gasteiger partial charge is 0.261 e. The molecule has 4 rings (SSSR count). The van der Waals surface area contributed by atoms with Crippen molar-refractivity contribution in [2.45, 2.75) is 38.8 Å². The van der Waals surface area contributed by atoms with Crippen molar-refractivity contribution in [2.75, 3.05) is 13.1 Å². The summed E-state index contributed by atoms with van der Waals surface area (Å²) in [4.78, 5) is 36.3. The predicted molar refractivity (Wildman–Crippen MR) is 110 cm³/mol. The first kappa shape index (κ1) is 19.1. The van der Waals surface area contributed by atoms with Gasteiger partial charge in [0.05, 0.1) is 34.9 Å². The van der Waals surface area contributed by atoms with E-state index >= 15 is 0 Å². The van der Waals surface area contributed by atoms with E-state index in [0.29, 0.717) is 35.4 Å². The first-order chi connectivity index (χ1) is 14.0. The molecule has 7 nitrogen and oxygen atoms in total. The molecule has 7 heteroatoms. The van der Waals surface area contributed by atoms with Crippen LogP contribution in [0.2, 0.25) is 0 Å². The molecule has 0 saturated carbocycles. The minimum atomic E-state index is -0.0891. The maximum absolute atomic E-state index is 12.9. The molecule has 1 saturated heterocycles. The number of rotatable bonds is 4. The Bertz CT molecular complexity index is 1080. The molecule has 0 aliphatic carbocycles. The minimum absolute atomic E-state index is 0.0285. The van der Waals surface area contributed by atoms with Crippen molar-refractivity contribution in [3.63, 3.8) is 0 Å². The van der Waals surface area contributed by atoms with Crippen LogP contribution in [-0.2, 0) is 0 Å². The number of pyridine rings is 1. The number of hydrogen-bond acceptors (Lipinski definition) is 5. The molecule has 2 aromatic heterocycles. The van der Waals surface area contributed by atoms with Gasteiger partial charge in [-0.25, -0.2) is 9.97 Å². The molecule has 1 aliphatic heterocycles. The summed E-state index contributed by atoms with van der Waals surface area (Å²) in [6, 6.07) is 10.7. The highest BCUT2D eigenvalue weighted by Crippen LogP contribution is 2.22. The van der Waals surface area contributed by atoms with E-state index in [1.165, 1.54) is 0 Å². The second kappa shape index (κ2) is 8.03. The number of piperidine rings is 1. The van der Waals surface area contributed by atoms with Crippen molar-refractivity contribution in [3.8, 4) is 5.88 Å². The fourth-order valence-corrected chi connectivity index (χ4v) is 3.71. The lowest BCUT2D eigenvalue weighted by Crippen LogP contribution is -2.43. The van der Waals surface area contributed by atoms with Gasteiger partial charge < -0.3 is 9.64 Å². The van der Waals surface area contributed by atoms with Crippen LogP contribution in [0.5, 0.6) is 5.88 Å². The fraction of sp³-hybridized carbons (Fsp3) is 0.364.